The Hall–Kier alpha value is -1.10. The van der Waals surface area contributed by atoms with Crippen molar-refractivity contribution in [2.75, 3.05) is 26.2 Å². The lowest BCUT2D eigenvalue weighted by molar-refractivity contribution is -0.132. The molecule has 1 heterocycles. The maximum Gasteiger partial charge on any atom is 0.236 e. The van der Waals surface area contributed by atoms with Crippen molar-refractivity contribution in [1.82, 2.24) is 9.80 Å². The summed E-state index contributed by atoms with van der Waals surface area (Å²) in [6, 6.07) is 0.499. The van der Waals surface area contributed by atoms with Crippen LogP contribution in [0.1, 0.15) is 33.1 Å². The van der Waals surface area contributed by atoms with Crippen LogP contribution in [0, 0.1) is 5.92 Å². The van der Waals surface area contributed by atoms with Crippen LogP contribution in [0.5, 0.6) is 0 Å². The first-order chi connectivity index (χ1) is 8.65. The first kappa shape index (κ1) is 13.3. The second kappa shape index (κ2) is 5.69. The molecule has 0 radical (unpaired) electrons. The summed E-state index contributed by atoms with van der Waals surface area (Å²) in [7, 11) is 0. The molecule has 18 heavy (non-hydrogen) atoms. The summed E-state index contributed by atoms with van der Waals surface area (Å²) in [5.41, 5.74) is 0.855. The molecule has 1 aliphatic carbocycles. The fourth-order valence-corrected chi connectivity index (χ4v) is 2.70. The van der Waals surface area contributed by atoms with E-state index in [1.54, 1.807) is 0 Å². The third-order valence-corrected chi connectivity index (χ3v) is 3.92. The number of hydrogen-bond donors (Lipinski definition) is 1. The summed E-state index contributed by atoms with van der Waals surface area (Å²) in [4.78, 5) is 16.4. The van der Waals surface area contributed by atoms with Gasteiger partial charge in [0.15, 0.2) is 0 Å². The van der Waals surface area contributed by atoms with Gasteiger partial charge in [0.05, 0.1) is 12.3 Å². The Morgan fingerprint density at radius 2 is 2.28 bits per heavy atom. The van der Waals surface area contributed by atoms with E-state index in [-0.39, 0.29) is 11.8 Å². The van der Waals surface area contributed by atoms with Crippen LogP contribution < -0.4 is 0 Å². The first-order valence-electron chi connectivity index (χ1n) is 6.88. The fraction of sp³-hybridized carbons (Fsp3) is 0.846. The van der Waals surface area contributed by atoms with Crippen LogP contribution in [0.3, 0.4) is 0 Å². The molecule has 5 nitrogen and oxygen atoms in total. The van der Waals surface area contributed by atoms with E-state index in [2.05, 4.69) is 10.1 Å². The predicted molar refractivity (Wildman–Crippen MR) is 69.9 cm³/mol. The number of carbonyl (C=O) groups is 1. The molecule has 1 N–H and O–H groups in total. The minimum Gasteiger partial charge on any atom is -0.411 e. The molecule has 1 aliphatic heterocycles. The van der Waals surface area contributed by atoms with Gasteiger partial charge in [-0.2, -0.15) is 0 Å². The van der Waals surface area contributed by atoms with Gasteiger partial charge in [-0.1, -0.05) is 12.1 Å². The number of nitrogens with zero attached hydrogens (tertiary/aromatic N) is 3. The second-order valence-corrected chi connectivity index (χ2v) is 5.39. The second-order valence-electron chi connectivity index (χ2n) is 5.39. The highest BCUT2D eigenvalue weighted by Crippen LogP contribution is 2.26. The molecule has 2 fully saturated rings. The van der Waals surface area contributed by atoms with Crippen molar-refractivity contribution in [3.8, 4) is 0 Å². The van der Waals surface area contributed by atoms with Gasteiger partial charge in [-0.3, -0.25) is 9.69 Å². The van der Waals surface area contributed by atoms with E-state index >= 15 is 0 Å². The molecule has 2 aliphatic rings. The zero-order valence-corrected chi connectivity index (χ0v) is 11.3. The summed E-state index contributed by atoms with van der Waals surface area (Å²) in [5, 5.41) is 12.2. The highest BCUT2D eigenvalue weighted by molar-refractivity contribution is 5.87. The van der Waals surface area contributed by atoms with E-state index in [0.29, 0.717) is 12.6 Å². The molecule has 0 spiro atoms. The Kier molecular flexibility index (Phi) is 4.22. The number of oxime groups is 1. The van der Waals surface area contributed by atoms with E-state index in [1.165, 1.54) is 0 Å². The summed E-state index contributed by atoms with van der Waals surface area (Å²) in [6.07, 6.45) is 3.09. The van der Waals surface area contributed by atoms with Crippen LogP contribution in [0.15, 0.2) is 5.16 Å². The molecule has 0 aromatic heterocycles. The van der Waals surface area contributed by atoms with Gasteiger partial charge < -0.3 is 10.1 Å². The van der Waals surface area contributed by atoms with Gasteiger partial charge in [-0.15, -0.1) is 0 Å². The standard InChI is InChI=1S/C13H23N3O2/c1-3-16(11-4-5-11)13(17)9-15-7-6-12(14-18)10(2)8-15/h10-11,18H,3-9H2,1-2H3. The number of piperidine rings is 1. The molecule has 5 heteroatoms. The van der Waals surface area contributed by atoms with Crippen LogP contribution in [0.2, 0.25) is 0 Å². The number of likely N-dealkylation sites (N-methyl/N-ethyl adjacent to an activating group) is 1. The zero-order chi connectivity index (χ0) is 13.1. The molecule has 2 rings (SSSR count). The van der Waals surface area contributed by atoms with Gasteiger partial charge in [0.1, 0.15) is 0 Å². The third-order valence-electron chi connectivity index (χ3n) is 3.92. The van der Waals surface area contributed by atoms with Crippen LogP contribution in [0.25, 0.3) is 0 Å². The van der Waals surface area contributed by atoms with Crippen molar-refractivity contribution in [2.45, 2.75) is 39.2 Å². The zero-order valence-electron chi connectivity index (χ0n) is 11.3. The Bertz CT molecular complexity index is 339. The Balaban J connectivity index is 1.84. The average molecular weight is 253 g/mol. The first-order valence-corrected chi connectivity index (χ1v) is 6.88. The number of amides is 1. The highest BCUT2D eigenvalue weighted by atomic mass is 16.4. The molecule has 1 atom stereocenters. The number of rotatable bonds is 4. The third kappa shape index (κ3) is 3.02. The summed E-state index contributed by atoms with van der Waals surface area (Å²) >= 11 is 0. The summed E-state index contributed by atoms with van der Waals surface area (Å²) in [5.74, 6) is 0.490. The van der Waals surface area contributed by atoms with E-state index in [9.17, 15) is 4.79 Å². The van der Waals surface area contributed by atoms with Gasteiger partial charge in [0, 0.05) is 38.0 Å². The van der Waals surface area contributed by atoms with E-state index < -0.39 is 0 Å². The predicted octanol–water partition coefficient (Wildman–Crippen LogP) is 1.17. The van der Waals surface area contributed by atoms with E-state index in [4.69, 9.17) is 5.21 Å². The topological polar surface area (TPSA) is 56.1 Å². The Morgan fingerprint density at radius 3 is 2.78 bits per heavy atom. The lowest BCUT2D eigenvalue weighted by Gasteiger charge is -2.32. The highest BCUT2D eigenvalue weighted by Gasteiger charge is 2.32. The van der Waals surface area contributed by atoms with E-state index in [1.807, 2.05) is 18.7 Å². The number of hydrogen-bond acceptors (Lipinski definition) is 4. The Morgan fingerprint density at radius 1 is 1.56 bits per heavy atom. The van der Waals surface area contributed by atoms with Crippen LogP contribution >= 0.6 is 0 Å². The minimum absolute atomic E-state index is 0.243. The van der Waals surface area contributed by atoms with Crippen molar-refractivity contribution in [1.29, 1.82) is 0 Å². The van der Waals surface area contributed by atoms with Gasteiger partial charge in [0.2, 0.25) is 5.91 Å². The minimum atomic E-state index is 0.243. The van der Waals surface area contributed by atoms with Gasteiger partial charge >= 0.3 is 0 Å². The molecule has 1 amide bonds. The summed E-state index contributed by atoms with van der Waals surface area (Å²) < 4.78 is 0. The van der Waals surface area contributed by atoms with Crippen LogP contribution in [0.4, 0.5) is 0 Å². The quantitative estimate of drug-likeness (QED) is 0.604. The molecule has 1 saturated carbocycles. The van der Waals surface area contributed by atoms with Crippen LogP contribution in [-0.2, 0) is 4.79 Å². The monoisotopic (exact) mass is 253 g/mol. The van der Waals surface area contributed by atoms with Crippen LogP contribution in [-0.4, -0.2) is 58.8 Å². The van der Waals surface area contributed by atoms with Crippen molar-refractivity contribution in [3.63, 3.8) is 0 Å². The van der Waals surface area contributed by atoms with Gasteiger partial charge in [-0.05, 0) is 19.8 Å². The lowest BCUT2D eigenvalue weighted by atomic mass is 9.98. The van der Waals surface area contributed by atoms with Crippen molar-refractivity contribution in [2.24, 2.45) is 11.1 Å². The molecule has 1 unspecified atom stereocenters. The largest absolute Gasteiger partial charge is 0.411 e. The molecule has 102 valence electrons. The smallest absolute Gasteiger partial charge is 0.236 e. The van der Waals surface area contributed by atoms with Crippen molar-refractivity contribution in [3.05, 3.63) is 0 Å². The fourth-order valence-electron chi connectivity index (χ4n) is 2.70. The van der Waals surface area contributed by atoms with Crippen molar-refractivity contribution >= 4 is 11.6 Å². The maximum atomic E-state index is 12.2. The molecule has 0 aromatic rings. The van der Waals surface area contributed by atoms with E-state index in [0.717, 1.165) is 44.6 Å². The molecular weight excluding hydrogens is 230 g/mol. The number of likely N-dealkylation sites (tertiary alicyclic amines) is 1. The Labute approximate surface area is 108 Å². The average Bonchev–Trinajstić information content (AvgIpc) is 3.15. The van der Waals surface area contributed by atoms with Gasteiger partial charge in [0.25, 0.3) is 0 Å². The SMILES string of the molecule is CCN(C(=O)CN1CCC(=NO)C(C)C1)C1CC1. The van der Waals surface area contributed by atoms with Crippen molar-refractivity contribution < 1.29 is 10.0 Å². The molecular formula is C13H23N3O2. The number of carbonyl (C=O) groups excluding carboxylic acids is 1. The van der Waals surface area contributed by atoms with Gasteiger partial charge in [-0.25, -0.2) is 0 Å². The lowest BCUT2D eigenvalue weighted by Crippen LogP contribution is -2.46. The molecule has 1 saturated heterocycles. The summed E-state index contributed by atoms with van der Waals surface area (Å²) in [6.45, 7) is 7.05. The molecule has 0 bridgehead atoms. The normalized spacial score (nSPS) is 27.4. The molecule has 0 aromatic carbocycles. The maximum absolute atomic E-state index is 12.2.